The Hall–Kier alpha value is -5.71. The average molecular weight is 785 g/mol. The average Bonchev–Trinajstić information content (AvgIpc) is 4.04. The van der Waals surface area contributed by atoms with Gasteiger partial charge in [0.15, 0.2) is 4.96 Å². The van der Waals surface area contributed by atoms with Gasteiger partial charge in [0.25, 0.3) is 0 Å². The van der Waals surface area contributed by atoms with E-state index in [1.807, 2.05) is 68.8 Å². The smallest absolute Gasteiger partial charge is 0.407 e. The summed E-state index contributed by atoms with van der Waals surface area (Å²) in [6, 6.07) is 6.29. The van der Waals surface area contributed by atoms with Crippen molar-refractivity contribution in [3.63, 3.8) is 0 Å². The van der Waals surface area contributed by atoms with Crippen molar-refractivity contribution < 1.29 is 28.7 Å². The van der Waals surface area contributed by atoms with Gasteiger partial charge in [-0.25, -0.2) is 24.5 Å². The summed E-state index contributed by atoms with van der Waals surface area (Å²) in [6.45, 7) is 8.77. The molecular formula is C39H48N10O6S. The standard InChI is InChI=1S/C39H48N10O6S/c1-21(2)31(45-38(52)54-5)35(50)48-15-7-9-28(48)33-40-17-25(42-33)23-11-13-24(14-12-23)27-19-47-20-30(56-37(47)44-27)26-18-41-34(43-26)29-10-8-16-49(29)36(51)32(22(3)4)46-39(53)55-6/h11-14,17-22,28-29,31-32H,7-10,15-16H2,1-6H3,(H,40,42)(H,41,43)(H,45,52)(H,46,53)/t28-,29-,31-,32-/m0/s1. The van der Waals surface area contributed by atoms with Gasteiger partial charge in [-0.2, -0.15) is 0 Å². The number of nitrogens with zero attached hydrogens (tertiary/aromatic N) is 6. The molecule has 4 N–H and O–H groups in total. The molecule has 6 heterocycles. The van der Waals surface area contributed by atoms with Gasteiger partial charge in [-0.05, 0) is 43.1 Å². The van der Waals surface area contributed by atoms with Crippen molar-refractivity contribution in [2.75, 3.05) is 27.3 Å². The zero-order valence-corrected chi connectivity index (χ0v) is 33.2. The predicted octanol–water partition coefficient (Wildman–Crippen LogP) is 5.93. The lowest BCUT2D eigenvalue weighted by molar-refractivity contribution is -0.136. The van der Waals surface area contributed by atoms with Crippen LogP contribution in [-0.2, 0) is 19.1 Å². The van der Waals surface area contributed by atoms with E-state index in [4.69, 9.17) is 14.5 Å². The third-order valence-electron chi connectivity index (χ3n) is 10.6. The number of amides is 4. The largest absolute Gasteiger partial charge is 0.453 e. The van der Waals surface area contributed by atoms with Crippen LogP contribution in [0, 0.1) is 11.8 Å². The SMILES string of the molecule is COC(=O)N[C@H](C(=O)N1CCC[C@H]1c1ncc(-c2ccc(-c3cn4cc(-c5cnc([C@@H]6CCCN6C(=O)[C@@H](NC(=O)OC)C(C)C)[nH]5)sc4n3)cc2)[nH]1)C(C)C. The highest BCUT2D eigenvalue weighted by atomic mass is 32.1. The van der Waals surface area contributed by atoms with Gasteiger partial charge >= 0.3 is 12.2 Å². The van der Waals surface area contributed by atoms with Gasteiger partial charge < -0.3 is 39.9 Å². The molecular weight excluding hydrogens is 737 g/mol. The number of benzene rings is 1. The minimum atomic E-state index is -0.694. The number of likely N-dealkylation sites (tertiary alicyclic amines) is 2. The molecule has 17 heteroatoms. The number of thiazole rings is 1. The molecule has 7 rings (SSSR count). The molecule has 56 heavy (non-hydrogen) atoms. The molecule has 2 aliphatic rings. The summed E-state index contributed by atoms with van der Waals surface area (Å²) < 4.78 is 11.5. The first kappa shape index (κ1) is 38.6. The van der Waals surface area contributed by atoms with E-state index in [1.54, 1.807) is 33.5 Å². The van der Waals surface area contributed by atoms with E-state index >= 15 is 0 Å². The summed E-state index contributed by atoms with van der Waals surface area (Å²) in [5.41, 5.74) is 4.45. The number of imidazole rings is 3. The Bertz CT molecular complexity index is 2170. The van der Waals surface area contributed by atoms with Gasteiger partial charge in [-0.15, -0.1) is 0 Å². The number of ether oxygens (including phenoxy) is 2. The summed E-state index contributed by atoms with van der Waals surface area (Å²) in [7, 11) is 2.57. The Morgan fingerprint density at radius 3 is 1.75 bits per heavy atom. The van der Waals surface area contributed by atoms with Crippen molar-refractivity contribution in [1.82, 2.24) is 49.8 Å². The monoisotopic (exact) mass is 784 g/mol. The predicted molar refractivity (Wildman–Crippen MR) is 209 cm³/mol. The minimum Gasteiger partial charge on any atom is -0.453 e. The first-order valence-electron chi connectivity index (χ1n) is 18.9. The van der Waals surface area contributed by atoms with Crippen LogP contribution in [0.2, 0.25) is 0 Å². The van der Waals surface area contributed by atoms with E-state index in [0.29, 0.717) is 24.7 Å². The highest BCUT2D eigenvalue weighted by molar-refractivity contribution is 7.20. The van der Waals surface area contributed by atoms with Crippen LogP contribution < -0.4 is 10.6 Å². The van der Waals surface area contributed by atoms with Crippen LogP contribution in [0.3, 0.4) is 0 Å². The lowest BCUT2D eigenvalue weighted by Crippen LogP contribution is -2.51. The quantitative estimate of drug-likeness (QED) is 0.126. The number of hydrogen-bond acceptors (Lipinski definition) is 10. The number of carbonyl (C=O) groups is 4. The number of aromatic nitrogens is 6. The molecule has 0 unspecified atom stereocenters. The fourth-order valence-corrected chi connectivity index (χ4v) is 8.48. The van der Waals surface area contributed by atoms with E-state index in [1.165, 1.54) is 14.2 Å². The van der Waals surface area contributed by atoms with Crippen LogP contribution in [0.5, 0.6) is 0 Å². The summed E-state index contributed by atoms with van der Waals surface area (Å²) in [5.74, 6) is 0.917. The van der Waals surface area contributed by atoms with Crippen LogP contribution in [0.15, 0.2) is 49.1 Å². The molecule has 4 atom stereocenters. The second-order valence-corrected chi connectivity index (χ2v) is 16.0. The van der Waals surface area contributed by atoms with Gasteiger partial charge in [0.05, 0.1) is 60.7 Å². The summed E-state index contributed by atoms with van der Waals surface area (Å²) in [5, 5.41) is 5.38. The summed E-state index contributed by atoms with van der Waals surface area (Å²) in [6.07, 6.45) is 9.58. The second kappa shape index (κ2) is 16.2. The molecule has 0 aliphatic carbocycles. The van der Waals surface area contributed by atoms with E-state index < -0.39 is 24.3 Å². The maximum absolute atomic E-state index is 13.5. The van der Waals surface area contributed by atoms with Crippen molar-refractivity contribution >= 4 is 40.3 Å². The van der Waals surface area contributed by atoms with Crippen molar-refractivity contribution in [3.8, 4) is 33.1 Å². The van der Waals surface area contributed by atoms with Crippen molar-refractivity contribution in [2.45, 2.75) is 77.5 Å². The number of methoxy groups -OCH3 is 2. The first-order valence-corrected chi connectivity index (χ1v) is 19.8. The number of nitrogens with one attached hydrogen (secondary N) is 4. The van der Waals surface area contributed by atoms with E-state index in [9.17, 15) is 19.2 Å². The van der Waals surface area contributed by atoms with Crippen molar-refractivity contribution in [2.24, 2.45) is 11.8 Å². The Labute approximate surface area is 328 Å². The molecule has 4 amide bonds. The Balaban J connectivity index is 1.02. The molecule has 5 aromatic rings. The van der Waals surface area contributed by atoms with Gasteiger partial charge in [0.2, 0.25) is 11.8 Å². The number of rotatable bonds is 11. The van der Waals surface area contributed by atoms with E-state index in [-0.39, 0.29) is 35.7 Å². The number of alkyl carbamates (subject to hydrolysis) is 2. The number of H-pyrrole nitrogens is 2. The minimum absolute atomic E-state index is 0.108. The number of aromatic amines is 2. The van der Waals surface area contributed by atoms with Gasteiger partial charge in [0, 0.05) is 31.0 Å². The van der Waals surface area contributed by atoms with Crippen LogP contribution in [0.25, 0.3) is 38.0 Å². The molecule has 2 fully saturated rings. The summed E-state index contributed by atoms with van der Waals surface area (Å²) >= 11 is 1.54. The van der Waals surface area contributed by atoms with Crippen LogP contribution >= 0.6 is 11.3 Å². The third-order valence-corrected chi connectivity index (χ3v) is 11.6. The maximum Gasteiger partial charge on any atom is 0.407 e. The molecule has 296 valence electrons. The van der Waals surface area contributed by atoms with Crippen LogP contribution in [0.4, 0.5) is 9.59 Å². The van der Waals surface area contributed by atoms with Crippen molar-refractivity contribution in [1.29, 1.82) is 0 Å². The molecule has 1 aromatic carbocycles. The van der Waals surface area contributed by atoms with E-state index in [0.717, 1.165) is 63.7 Å². The van der Waals surface area contributed by atoms with Crippen molar-refractivity contribution in [3.05, 3.63) is 60.7 Å². The van der Waals surface area contributed by atoms with Gasteiger partial charge in [0.1, 0.15) is 23.7 Å². The molecule has 2 aliphatic heterocycles. The maximum atomic E-state index is 13.5. The molecule has 4 aromatic heterocycles. The summed E-state index contributed by atoms with van der Waals surface area (Å²) in [4.78, 5) is 77.5. The molecule has 0 spiro atoms. The Morgan fingerprint density at radius 2 is 1.25 bits per heavy atom. The Morgan fingerprint density at radius 1 is 0.750 bits per heavy atom. The highest BCUT2D eigenvalue weighted by Gasteiger charge is 2.39. The number of fused-ring (bicyclic) bond motifs is 1. The molecule has 0 saturated carbocycles. The number of hydrogen-bond donors (Lipinski definition) is 4. The Kier molecular flexibility index (Phi) is 11.1. The molecule has 0 radical (unpaired) electrons. The van der Waals surface area contributed by atoms with Crippen LogP contribution in [0.1, 0.15) is 77.1 Å². The highest BCUT2D eigenvalue weighted by Crippen LogP contribution is 2.36. The topological polar surface area (TPSA) is 192 Å². The molecule has 0 bridgehead atoms. The second-order valence-electron chi connectivity index (χ2n) is 14.9. The van der Waals surface area contributed by atoms with E-state index in [2.05, 4.69) is 30.6 Å². The lowest BCUT2D eigenvalue weighted by atomic mass is 10.0. The zero-order valence-electron chi connectivity index (χ0n) is 32.4. The fourth-order valence-electron chi connectivity index (χ4n) is 7.55. The first-order chi connectivity index (χ1) is 26.9. The zero-order chi connectivity index (χ0) is 39.7. The normalized spacial score (nSPS) is 18.1. The van der Waals surface area contributed by atoms with Crippen LogP contribution in [-0.4, -0.2) is 103 Å². The molecule has 2 saturated heterocycles. The number of carbonyl (C=O) groups excluding carboxylic acids is 4. The molecule has 16 nitrogen and oxygen atoms in total. The fraction of sp³-hybridized carbons (Fsp3) is 0.462. The lowest BCUT2D eigenvalue weighted by Gasteiger charge is -2.30. The third kappa shape index (κ3) is 7.72. The van der Waals surface area contributed by atoms with Gasteiger partial charge in [-0.3, -0.25) is 14.0 Å². The van der Waals surface area contributed by atoms with Gasteiger partial charge in [-0.1, -0.05) is 63.3 Å².